The van der Waals surface area contributed by atoms with E-state index in [2.05, 4.69) is 0 Å². The predicted molar refractivity (Wildman–Crippen MR) is 70.5 cm³/mol. The number of nitrogen functional groups attached to an aromatic ring is 1. The molecule has 1 atom stereocenters. The molecule has 0 saturated carbocycles. The van der Waals surface area contributed by atoms with Crippen molar-refractivity contribution in [3.8, 4) is 0 Å². The van der Waals surface area contributed by atoms with Gasteiger partial charge in [0.1, 0.15) is 11.4 Å². The van der Waals surface area contributed by atoms with Gasteiger partial charge in [0.05, 0.1) is 11.4 Å². The van der Waals surface area contributed by atoms with Gasteiger partial charge >= 0.3 is 5.97 Å². The van der Waals surface area contributed by atoms with Crippen LogP contribution in [0.2, 0.25) is 0 Å². The topological polar surface area (TPSA) is 66.6 Å². The summed E-state index contributed by atoms with van der Waals surface area (Å²) in [6, 6.07) is 2.85. The van der Waals surface area contributed by atoms with E-state index in [1.165, 1.54) is 12.1 Å². The van der Waals surface area contributed by atoms with Gasteiger partial charge in [0.2, 0.25) is 0 Å². The number of halogens is 1. The Hall–Kier alpha value is -1.78. The highest BCUT2D eigenvalue weighted by Crippen LogP contribution is 2.30. The zero-order chi connectivity index (χ0) is 13.9. The van der Waals surface area contributed by atoms with E-state index in [4.69, 9.17) is 5.73 Å². The van der Waals surface area contributed by atoms with E-state index in [0.29, 0.717) is 12.2 Å². The van der Waals surface area contributed by atoms with E-state index in [1.54, 1.807) is 0 Å². The maximum Gasteiger partial charge on any atom is 0.340 e. The van der Waals surface area contributed by atoms with Crippen molar-refractivity contribution in [1.29, 1.82) is 0 Å². The van der Waals surface area contributed by atoms with Crippen molar-refractivity contribution in [2.75, 3.05) is 17.2 Å². The van der Waals surface area contributed by atoms with Crippen LogP contribution < -0.4 is 10.6 Å². The van der Waals surface area contributed by atoms with Gasteiger partial charge in [-0.1, -0.05) is 6.92 Å². The number of carboxylic acid groups (broad SMARTS) is 1. The van der Waals surface area contributed by atoms with Gasteiger partial charge in [-0.3, -0.25) is 0 Å². The van der Waals surface area contributed by atoms with E-state index in [-0.39, 0.29) is 17.3 Å². The average Bonchev–Trinajstić information content (AvgIpc) is 2.33. The second kappa shape index (κ2) is 5.71. The first kappa shape index (κ1) is 14.3. The second-order valence-corrected chi connectivity index (χ2v) is 4.20. The maximum absolute atomic E-state index is 13.4. The Morgan fingerprint density at radius 1 is 1.50 bits per heavy atom. The highest BCUT2D eigenvalue weighted by Gasteiger charge is 2.22. The summed E-state index contributed by atoms with van der Waals surface area (Å²) < 4.78 is 13.4. The number of hydrogen-bond donors (Lipinski definition) is 2. The van der Waals surface area contributed by atoms with Crippen LogP contribution in [0.1, 0.15) is 37.6 Å². The van der Waals surface area contributed by atoms with Crippen LogP contribution >= 0.6 is 0 Å². The van der Waals surface area contributed by atoms with Crippen LogP contribution in [0.3, 0.4) is 0 Å². The van der Waals surface area contributed by atoms with E-state index < -0.39 is 11.8 Å². The highest BCUT2D eigenvalue weighted by atomic mass is 19.1. The zero-order valence-electron chi connectivity index (χ0n) is 10.9. The summed E-state index contributed by atoms with van der Waals surface area (Å²) in [6.07, 6.45) is 0.865. The smallest absolute Gasteiger partial charge is 0.340 e. The molecule has 3 N–H and O–H groups in total. The minimum absolute atomic E-state index is 0.155. The van der Waals surface area contributed by atoms with Crippen molar-refractivity contribution in [2.24, 2.45) is 0 Å². The van der Waals surface area contributed by atoms with Crippen molar-refractivity contribution in [1.82, 2.24) is 0 Å². The number of carboxylic acids is 1. The van der Waals surface area contributed by atoms with Gasteiger partial charge in [0.15, 0.2) is 0 Å². The molecule has 0 fully saturated rings. The molecule has 1 aromatic rings. The van der Waals surface area contributed by atoms with Gasteiger partial charge in [0, 0.05) is 12.6 Å². The van der Waals surface area contributed by atoms with Crippen LogP contribution in [0.25, 0.3) is 0 Å². The predicted octanol–water partition coefficient (Wildman–Crippen LogP) is 2.73. The van der Waals surface area contributed by atoms with Crippen molar-refractivity contribution >= 4 is 17.3 Å². The van der Waals surface area contributed by atoms with Crippen LogP contribution in [0, 0.1) is 5.82 Å². The van der Waals surface area contributed by atoms with Crippen molar-refractivity contribution < 1.29 is 14.3 Å². The fourth-order valence-corrected chi connectivity index (χ4v) is 1.99. The quantitative estimate of drug-likeness (QED) is 0.793. The molecule has 1 unspecified atom stereocenters. The van der Waals surface area contributed by atoms with Crippen LogP contribution in [0.4, 0.5) is 15.8 Å². The lowest BCUT2D eigenvalue weighted by molar-refractivity contribution is 0.0698. The van der Waals surface area contributed by atoms with Gasteiger partial charge in [-0.2, -0.15) is 0 Å². The summed E-state index contributed by atoms with van der Waals surface area (Å²) in [5.74, 6) is -1.90. The van der Waals surface area contributed by atoms with Crippen LogP contribution in [0.5, 0.6) is 0 Å². The molecule has 1 aromatic carbocycles. The Morgan fingerprint density at radius 3 is 2.56 bits per heavy atom. The molecule has 100 valence electrons. The van der Waals surface area contributed by atoms with E-state index in [9.17, 15) is 14.3 Å². The first-order chi connectivity index (χ1) is 8.43. The number of hydrogen-bond acceptors (Lipinski definition) is 3. The third kappa shape index (κ3) is 2.55. The van der Waals surface area contributed by atoms with Gasteiger partial charge in [-0.15, -0.1) is 0 Å². The molecule has 0 radical (unpaired) electrons. The van der Waals surface area contributed by atoms with Gasteiger partial charge in [-0.05, 0) is 32.4 Å². The lowest BCUT2D eigenvalue weighted by Crippen LogP contribution is -2.33. The lowest BCUT2D eigenvalue weighted by atomic mass is 10.1. The maximum atomic E-state index is 13.4. The summed E-state index contributed by atoms with van der Waals surface area (Å²) in [5, 5.41) is 9.20. The third-order valence-electron chi connectivity index (χ3n) is 3.16. The molecule has 18 heavy (non-hydrogen) atoms. The minimum Gasteiger partial charge on any atom is -0.478 e. The molecule has 0 aromatic heterocycles. The molecule has 0 aliphatic heterocycles. The molecule has 0 amide bonds. The molecule has 0 heterocycles. The highest BCUT2D eigenvalue weighted by molar-refractivity contribution is 6.00. The molecule has 0 bridgehead atoms. The molecule has 4 nitrogen and oxygen atoms in total. The number of rotatable bonds is 5. The number of nitrogens with zero attached hydrogens (tertiary/aromatic N) is 1. The Balaban J connectivity index is 3.39. The van der Waals surface area contributed by atoms with Gasteiger partial charge < -0.3 is 15.7 Å². The van der Waals surface area contributed by atoms with E-state index >= 15 is 0 Å². The SMILES string of the molecule is CCC(C)N(CC)c1ccc(F)c(N)c1C(=O)O. The largest absolute Gasteiger partial charge is 0.478 e. The minimum atomic E-state index is -1.20. The standard InChI is InChI=1S/C13H19FN2O2/c1-4-8(3)16(5-2)10-7-6-9(14)12(15)11(10)13(17)18/h6-8H,4-5,15H2,1-3H3,(H,17,18). The fraction of sp³-hybridized carbons (Fsp3) is 0.462. The Labute approximate surface area is 106 Å². The number of aromatic carboxylic acids is 1. The average molecular weight is 254 g/mol. The van der Waals surface area contributed by atoms with Crippen LogP contribution in [-0.2, 0) is 0 Å². The van der Waals surface area contributed by atoms with Gasteiger partial charge in [-0.25, -0.2) is 9.18 Å². The lowest BCUT2D eigenvalue weighted by Gasteiger charge is -2.31. The Morgan fingerprint density at radius 2 is 2.11 bits per heavy atom. The third-order valence-corrected chi connectivity index (χ3v) is 3.16. The number of anilines is 2. The second-order valence-electron chi connectivity index (χ2n) is 4.20. The van der Waals surface area contributed by atoms with Crippen molar-refractivity contribution in [3.05, 3.63) is 23.5 Å². The molecular formula is C13H19FN2O2. The molecular weight excluding hydrogens is 235 g/mol. The van der Waals surface area contributed by atoms with E-state index in [1.807, 2.05) is 25.7 Å². The summed E-state index contributed by atoms with van der Waals surface area (Å²) >= 11 is 0. The summed E-state index contributed by atoms with van der Waals surface area (Å²) in [5.41, 5.74) is 5.55. The summed E-state index contributed by atoms with van der Waals surface area (Å²) in [4.78, 5) is 13.2. The number of carbonyl (C=O) groups is 1. The summed E-state index contributed by atoms with van der Waals surface area (Å²) in [6.45, 7) is 6.58. The molecule has 0 saturated heterocycles. The van der Waals surface area contributed by atoms with E-state index in [0.717, 1.165) is 6.42 Å². The monoisotopic (exact) mass is 254 g/mol. The normalized spacial score (nSPS) is 12.2. The molecule has 5 heteroatoms. The van der Waals surface area contributed by atoms with Gasteiger partial charge in [0.25, 0.3) is 0 Å². The Kier molecular flexibility index (Phi) is 4.53. The first-order valence-electron chi connectivity index (χ1n) is 6.01. The summed E-state index contributed by atoms with van der Waals surface area (Å²) in [7, 11) is 0. The number of nitrogens with two attached hydrogens (primary N) is 1. The van der Waals surface area contributed by atoms with Crippen molar-refractivity contribution in [3.63, 3.8) is 0 Å². The van der Waals surface area contributed by atoms with Crippen LogP contribution in [0.15, 0.2) is 12.1 Å². The van der Waals surface area contributed by atoms with Crippen molar-refractivity contribution in [2.45, 2.75) is 33.2 Å². The van der Waals surface area contributed by atoms with Crippen LogP contribution in [-0.4, -0.2) is 23.7 Å². The molecule has 0 spiro atoms. The molecule has 1 rings (SSSR count). The molecule has 0 aliphatic carbocycles. The number of benzene rings is 1. The first-order valence-corrected chi connectivity index (χ1v) is 6.01. The fourth-order valence-electron chi connectivity index (χ4n) is 1.99. The Bertz CT molecular complexity index is 449. The molecule has 0 aliphatic rings. The zero-order valence-corrected chi connectivity index (χ0v) is 10.9.